The molecule has 2 aromatic heterocycles. The van der Waals surface area contributed by atoms with E-state index in [0.717, 1.165) is 44.5 Å². The molecule has 12 heteroatoms. The van der Waals surface area contributed by atoms with Gasteiger partial charge in [-0.25, -0.2) is 0 Å². The van der Waals surface area contributed by atoms with Gasteiger partial charge in [-0.2, -0.15) is 5.26 Å². The predicted octanol–water partition coefficient (Wildman–Crippen LogP) is 9.84. The molecular formula is C46H45ClN4O6S. The summed E-state index contributed by atoms with van der Waals surface area (Å²) in [7, 11) is 0. The van der Waals surface area contributed by atoms with Crippen LogP contribution in [-0.2, 0) is 35.9 Å². The second-order valence-corrected chi connectivity index (χ2v) is 15.6. The molecule has 0 atom stereocenters. The highest BCUT2D eigenvalue weighted by molar-refractivity contribution is 7.19. The fourth-order valence-corrected chi connectivity index (χ4v) is 8.05. The van der Waals surface area contributed by atoms with Gasteiger partial charge in [-0.1, -0.05) is 54.1 Å². The second-order valence-electron chi connectivity index (χ2n) is 14.0. The van der Waals surface area contributed by atoms with Gasteiger partial charge in [0.1, 0.15) is 30.8 Å². The summed E-state index contributed by atoms with van der Waals surface area (Å²) in [5.74, 6) is -0.605. The fourth-order valence-electron chi connectivity index (χ4n) is 6.79. The number of hydrogen-bond acceptors (Lipinski definition) is 9. The Bertz CT molecular complexity index is 2460. The number of rotatable bonds is 20. The van der Waals surface area contributed by atoms with Crippen LogP contribution in [0.3, 0.4) is 0 Å². The molecule has 0 radical (unpaired) electrons. The molecule has 0 spiro atoms. The number of carboxylic acids is 2. The van der Waals surface area contributed by atoms with E-state index in [1.807, 2.05) is 6.07 Å². The van der Waals surface area contributed by atoms with Crippen molar-refractivity contribution in [2.45, 2.75) is 65.8 Å². The third kappa shape index (κ3) is 11.0. The maximum Gasteiger partial charge on any atom is 0.303 e. The van der Waals surface area contributed by atoms with Gasteiger partial charge in [-0.15, -0.1) is 11.3 Å². The Morgan fingerprint density at radius 3 is 2.21 bits per heavy atom. The molecule has 4 N–H and O–H groups in total. The van der Waals surface area contributed by atoms with Gasteiger partial charge in [-0.05, 0) is 114 Å². The molecule has 0 aliphatic heterocycles. The molecular weight excluding hydrogens is 772 g/mol. The largest absolute Gasteiger partial charge is 0.488 e. The van der Waals surface area contributed by atoms with Crippen molar-refractivity contribution in [2.75, 3.05) is 13.1 Å². The number of nitriles is 1. The van der Waals surface area contributed by atoms with Gasteiger partial charge in [0, 0.05) is 65.1 Å². The molecule has 0 aliphatic rings. The van der Waals surface area contributed by atoms with Crippen molar-refractivity contribution < 1.29 is 29.3 Å². The average molecular weight is 817 g/mol. The summed E-state index contributed by atoms with van der Waals surface area (Å²) < 4.78 is 13.8. The van der Waals surface area contributed by atoms with E-state index >= 15 is 0 Å². The van der Waals surface area contributed by atoms with Crippen LogP contribution in [0.15, 0.2) is 91.3 Å². The van der Waals surface area contributed by atoms with Gasteiger partial charge in [0.2, 0.25) is 0 Å². The molecule has 298 valence electrons. The number of hydrogen-bond donors (Lipinski definition) is 4. The van der Waals surface area contributed by atoms with E-state index in [1.165, 1.54) is 26.7 Å². The number of nitrogens with one attached hydrogen (secondary N) is 2. The molecule has 2 heterocycles. The Kier molecular flexibility index (Phi) is 14.5. The van der Waals surface area contributed by atoms with E-state index < -0.39 is 11.9 Å². The van der Waals surface area contributed by atoms with Crippen molar-refractivity contribution in [3.05, 3.63) is 135 Å². The van der Waals surface area contributed by atoms with Crippen LogP contribution in [0.2, 0.25) is 5.02 Å². The van der Waals surface area contributed by atoms with Crippen molar-refractivity contribution >= 4 is 45.0 Å². The summed E-state index contributed by atoms with van der Waals surface area (Å²) in [6.07, 6.45) is 4.48. The van der Waals surface area contributed by atoms with E-state index in [1.54, 1.807) is 35.7 Å². The van der Waals surface area contributed by atoms with Crippen LogP contribution in [0.4, 0.5) is 0 Å². The number of carboxylic acid groups (broad SMARTS) is 2. The van der Waals surface area contributed by atoms with Crippen molar-refractivity contribution in [3.63, 3.8) is 0 Å². The number of fused-ring (bicyclic) bond motifs is 1. The number of nitrogens with zero attached hydrogens (tertiary/aromatic N) is 2. The van der Waals surface area contributed by atoms with E-state index in [4.69, 9.17) is 31.3 Å². The molecule has 0 saturated carbocycles. The summed E-state index contributed by atoms with van der Waals surface area (Å²) >= 11 is 8.55. The van der Waals surface area contributed by atoms with E-state index in [9.17, 15) is 14.9 Å². The molecule has 6 rings (SSSR count). The van der Waals surface area contributed by atoms with E-state index in [-0.39, 0.29) is 26.1 Å². The minimum Gasteiger partial charge on any atom is -0.488 e. The quantitative estimate of drug-likeness (QED) is 0.0548. The highest BCUT2D eigenvalue weighted by Gasteiger charge is 2.16. The van der Waals surface area contributed by atoms with Crippen LogP contribution >= 0.6 is 22.9 Å². The van der Waals surface area contributed by atoms with Crippen LogP contribution in [0.25, 0.3) is 32.3 Å². The smallest absolute Gasteiger partial charge is 0.303 e. The third-order valence-electron chi connectivity index (χ3n) is 9.87. The normalized spacial score (nSPS) is 11.1. The standard InChI is InChI=1S/C46H45ClN4O6S/c1-29-34(28-57-43-21-42(56-27-32-17-31(22-48)23-51-24-32)36(20-41(43)47)25-49-15-5-11-45(52)53)7-3-9-39(29)40-10-4-8-38(30(40)2)33-13-14-44-35(18-33)19-37(58-44)26-50-16-6-12-46(54)55/h3-4,7-10,13-14,17-21,23-24,49-50H,5-6,11-12,15-16,25-28H2,1-2H3,(H,52,53)(H,54,55). The molecule has 0 amide bonds. The lowest BCUT2D eigenvalue weighted by molar-refractivity contribution is -0.138. The van der Waals surface area contributed by atoms with Crippen molar-refractivity contribution in [2.24, 2.45) is 0 Å². The lowest BCUT2D eigenvalue weighted by Gasteiger charge is -2.18. The molecule has 10 nitrogen and oxygen atoms in total. The lowest BCUT2D eigenvalue weighted by atomic mass is 9.89. The maximum absolute atomic E-state index is 11.0. The SMILES string of the molecule is Cc1c(COc2cc(OCc3cncc(C#N)c3)c(CNCCCC(=O)O)cc2Cl)cccc1-c1cccc(-c2ccc3sc(CNCCCC(=O)O)cc3c2)c1C. The van der Waals surface area contributed by atoms with Crippen LogP contribution < -0.4 is 20.1 Å². The molecule has 4 aromatic carbocycles. The summed E-state index contributed by atoms with van der Waals surface area (Å²) in [6, 6.07) is 28.9. The molecule has 6 aromatic rings. The van der Waals surface area contributed by atoms with E-state index in [0.29, 0.717) is 61.1 Å². The number of ether oxygens (including phenoxy) is 2. The van der Waals surface area contributed by atoms with E-state index in [2.05, 4.69) is 90.1 Å². The minimum absolute atomic E-state index is 0.0736. The second kappa shape index (κ2) is 20.1. The summed E-state index contributed by atoms with van der Waals surface area (Å²) in [5.41, 5.74) is 9.78. The first-order valence-corrected chi connectivity index (χ1v) is 20.3. The maximum atomic E-state index is 11.0. The highest BCUT2D eigenvalue weighted by Crippen LogP contribution is 2.38. The van der Waals surface area contributed by atoms with Gasteiger partial charge < -0.3 is 30.3 Å². The van der Waals surface area contributed by atoms with Gasteiger partial charge in [-0.3, -0.25) is 14.6 Å². The zero-order valence-electron chi connectivity index (χ0n) is 32.4. The third-order valence-corrected chi connectivity index (χ3v) is 11.3. The number of thiophene rings is 1. The first kappa shape index (κ1) is 41.9. The lowest BCUT2D eigenvalue weighted by Crippen LogP contribution is -2.16. The van der Waals surface area contributed by atoms with Crippen molar-refractivity contribution in [1.29, 1.82) is 5.26 Å². The number of aliphatic carboxylic acids is 2. The summed E-state index contributed by atoms with van der Waals surface area (Å²) in [6.45, 7) is 7.00. The van der Waals surface area contributed by atoms with Crippen LogP contribution in [0, 0.1) is 25.2 Å². The summed E-state index contributed by atoms with van der Waals surface area (Å²) in [4.78, 5) is 27.1. The van der Waals surface area contributed by atoms with Crippen molar-refractivity contribution in [3.8, 4) is 39.8 Å². The Morgan fingerprint density at radius 1 is 0.776 bits per heavy atom. The molecule has 0 bridgehead atoms. The van der Waals surface area contributed by atoms with Gasteiger partial charge in [0.25, 0.3) is 0 Å². The van der Waals surface area contributed by atoms with Crippen LogP contribution in [0.1, 0.15) is 63.9 Å². The number of carbonyl (C=O) groups is 2. The number of benzene rings is 4. The zero-order chi connectivity index (χ0) is 41.0. The van der Waals surface area contributed by atoms with Gasteiger partial charge in [0.05, 0.1) is 10.6 Å². The Balaban J connectivity index is 1.18. The minimum atomic E-state index is -0.839. The fraction of sp³-hybridized carbons (Fsp3) is 0.261. The Hall–Kier alpha value is -5.77. The zero-order valence-corrected chi connectivity index (χ0v) is 34.0. The number of halogens is 1. The Morgan fingerprint density at radius 2 is 1.47 bits per heavy atom. The first-order chi connectivity index (χ1) is 28.1. The number of pyridine rings is 1. The topological polar surface area (TPSA) is 154 Å². The van der Waals surface area contributed by atoms with Crippen molar-refractivity contribution in [1.82, 2.24) is 15.6 Å². The molecule has 0 unspecified atom stereocenters. The van der Waals surface area contributed by atoms with Crippen LogP contribution in [-0.4, -0.2) is 40.2 Å². The molecule has 0 saturated heterocycles. The molecule has 58 heavy (non-hydrogen) atoms. The average Bonchev–Trinajstić information content (AvgIpc) is 3.62. The predicted molar refractivity (Wildman–Crippen MR) is 228 cm³/mol. The summed E-state index contributed by atoms with van der Waals surface area (Å²) in [5, 5.41) is 35.4. The van der Waals surface area contributed by atoms with Crippen LogP contribution in [0.5, 0.6) is 11.5 Å². The van der Waals surface area contributed by atoms with Gasteiger partial charge >= 0.3 is 11.9 Å². The highest BCUT2D eigenvalue weighted by atomic mass is 35.5. The monoisotopic (exact) mass is 816 g/mol. The van der Waals surface area contributed by atoms with Gasteiger partial charge in [0.15, 0.2) is 0 Å². The molecule has 0 fully saturated rings. The number of aromatic nitrogens is 1. The Labute approximate surface area is 347 Å². The molecule has 0 aliphatic carbocycles. The first-order valence-electron chi connectivity index (χ1n) is 19.1.